The molecule has 0 spiro atoms. The molecule has 2 aliphatic rings. The molecule has 0 amide bonds. The Labute approximate surface area is 146 Å². The first-order chi connectivity index (χ1) is 11.8. The van der Waals surface area contributed by atoms with Gasteiger partial charge in [-0.2, -0.15) is 0 Å². The van der Waals surface area contributed by atoms with Gasteiger partial charge in [-0.3, -0.25) is 0 Å². The maximum absolute atomic E-state index is 2.50. The van der Waals surface area contributed by atoms with Crippen LogP contribution in [-0.4, -0.2) is 30.7 Å². The first kappa shape index (κ1) is 15.7. The van der Waals surface area contributed by atoms with Gasteiger partial charge >= 0.3 is 0 Å². The third-order valence-electron chi connectivity index (χ3n) is 6.15. The number of likely N-dealkylation sites (N-methyl/N-ethyl adjacent to an activating group) is 1. The second kappa shape index (κ2) is 6.57. The number of rotatable bonds is 2. The number of benzene rings is 2. The lowest BCUT2D eigenvalue weighted by Gasteiger charge is -2.49. The summed E-state index contributed by atoms with van der Waals surface area (Å²) in [7, 11) is 2.50. The van der Waals surface area contributed by atoms with Crippen molar-refractivity contribution in [2.45, 2.75) is 38.1 Å². The van der Waals surface area contributed by atoms with Gasteiger partial charge in [-0.1, -0.05) is 60.7 Å². The van der Waals surface area contributed by atoms with Crippen molar-refractivity contribution in [3.63, 3.8) is 0 Å². The summed E-state index contributed by atoms with van der Waals surface area (Å²) in [5.41, 5.74) is 5.90. The van der Waals surface area contributed by atoms with Gasteiger partial charge in [0.1, 0.15) is 6.54 Å². The number of hydrogen-bond acceptors (Lipinski definition) is 0. The third-order valence-corrected chi connectivity index (χ3v) is 6.15. The molecule has 0 saturated carbocycles. The summed E-state index contributed by atoms with van der Waals surface area (Å²) in [6.07, 6.45) is 6.87. The normalized spacial score (nSPS) is 26.7. The minimum atomic E-state index is 0.885. The van der Waals surface area contributed by atoms with E-state index in [9.17, 15) is 0 Å². The highest BCUT2D eigenvalue weighted by Crippen LogP contribution is 2.38. The summed E-state index contributed by atoms with van der Waals surface area (Å²) in [5, 5.41) is 0. The molecule has 0 radical (unpaired) electrons. The van der Waals surface area contributed by atoms with Crippen LogP contribution in [-0.2, 0) is 0 Å². The summed E-state index contributed by atoms with van der Waals surface area (Å²) in [4.78, 5) is 0. The average molecular weight is 318 g/mol. The number of hydrogen-bond donors (Lipinski definition) is 0. The lowest BCUT2D eigenvalue weighted by molar-refractivity contribution is -0.937. The Kier molecular flexibility index (Phi) is 4.28. The van der Waals surface area contributed by atoms with E-state index < -0.39 is 0 Å². The summed E-state index contributed by atoms with van der Waals surface area (Å²) in [6.45, 7) is 2.58. The topological polar surface area (TPSA) is 0 Å². The first-order valence-corrected chi connectivity index (χ1v) is 9.43. The van der Waals surface area contributed by atoms with Crippen LogP contribution >= 0.6 is 0 Å². The van der Waals surface area contributed by atoms with E-state index in [-0.39, 0.29) is 0 Å². The van der Waals surface area contributed by atoms with E-state index >= 15 is 0 Å². The summed E-state index contributed by atoms with van der Waals surface area (Å²) >= 11 is 0. The average Bonchev–Trinajstić information content (AvgIpc) is 2.63. The maximum Gasteiger partial charge on any atom is 0.101 e. The lowest BCUT2D eigenvalue weighted by Crippen LogP contribution is -2.58. The van der Waals surface area contributed by atoms with E-state index in [4.69, 9.17) is 0 Å². The van der Waals surface area contributed by atoms with Crippen molar-refractivity contribution >= 4 is 5.57 Å². The Bertz CT molecular complexity index is 675. The van der Waals surface area contributed by atoms with E-state index in [2.05, 4.69) is 67.7 Å². The van der Waals surface area contributed by atoms with Crippen molar-refractivity contribution in [2.75, 3.05) is 20.1 Å². The molecule has 2 fully saturated rings. The third kappa shape index (κ3) is 2.93. The van der Waals surface area contributed by atoms with E-state index in [0.717, 1.165) is 6.04 Å². The van der Waals surface area contributed by atoms with Crippen molar-refractivity contribution < 1.29 is 4.48 Å². The van der Waals surface area contributed by atoms with Gasteiger partial charge in [0.25, 0.3) is 0 Å². The molecular weight excluding hydrogens is 290 g/mol. The largest absolute Gasteiger partial charge is 0.320 e. The highest BCUT2D eigenvalue weighted by molar-refractivity contribution is 5.82. The van der Waals surface area contributed by atoms with Crippen LogP contribution in [0.2, 0.25) is 0 Å². The van der Waals surface area contributed by atoms with Gasteiger partial charge in [0.15, 0.2) is 0 Å². The molecule has 1 heteroatoms. The SMILES string of the molecule is C[N+]12CCCCC1CCC(=C(c1ccccc1)c1ccccc1)C2. The highest BCUT2D eigenvalue weighted by atomic mass is 15.4. The van der Waals surface area contributed by atoms with Crippen LogP contribution in [0.15, 0.2) is 66.2 Å². The van der Waals surface area contributed by atoms with Crippen molar-refractivity contribution in [3.05, 3.63) is 77.4 Å². The number of nitrogens with zero attached hydrogens (tertiary/aromatic N) is 1. The highest BCUT2D eigenvalue weighted by Gasteiger charge is 2.40. The molecular formula is C23H28N+. The van der Waals surface area contributed by atoms with Crippen LogP contribution in [0.4, 0.5) is 0 Å². The molecule has 2 aliphatic heterocycles. The van der Waals surface area contributed by atoms with Gasteiger partial charge in [-0.05, 0) is 48.0 Å². The van der Waals surface area contributed by atoms with Gasteiger partial charge in [-0.25, -0.2) is 0 Å². The molecule has 2 aromatic carbocycles. The van der Waals surface area contributed by atoms with Gasteiger partial charge in [-0.15, -0.1) is 0 Å². The van der Waals surface area contributed by atoms with Crippen molar-refractivity contribution in [2.24, 2.45) is 0 Å². The van der Waals surface area contributed by atoms with Crippen LogP contribution in [0.1, 0.15) is 43.2 Å². The summed E-state index contributed by atoms with van der Waals surface area (Å²) < 4.78 is 1.26. The number of piperidine rings is 2. The Morgan fingerprint density at radius 3 is 2.08 bits per heavy atom. The Hall–Kier alpha value is -1.86. The van der Waals surface area contributed by atoms with Crippen LogP contribution in [0, 0.1) is 0 Å². The fraction of sp³-hybridized carbons (Fsp3) is 0.391. The van der Waals surface area contributed by atoms with Gasteiger partial charge in [0.2, 0.25) is 0 Å². The smallest absolute Gasteiger partial charge is 0.101 e. The predicted molar refractivity (Wildman–Crippen MR) is 102 cm³/mol. The molecule has 2 saturated heterocycles. The van der Waals surface area contributed by atoms with Gasteiger partial charge < -0.3 is 4.48 Å². The van der Waals surface area contributed by atoms with Crippen LogP contribution < -0.4 is 0 Å². The number of quaternary nitrogens is 1. The lowest BCUT2D eigenvalue weighted by atomic mass is 9.83. The zero-order valence-corrected chi connectivity index (χ0v) is 14.7. The Morgan fingerprint density at radius 2 is 1.46 bits per heavy atom. The zero-order valence-electron chi connectivity index (χ0n) is 14.7. The van der Waals surface area contributed by atoms with Gasteiger partial charge in [0, 0.05) is 6.42 Å². The van der Waals surface area contributed by atoms with E-state index in [1.165, 1.54) is 66.4 Å². The number of fused-ring (bicyclic) bond motifs is 1. The van der Waals surface area contributed by atoms with Crippen molar-refractivity contribution in [1.29, 1.82) is 0 Å². The molecule has 0 aliphatic carbocycles. The Balaban J connectivity index is 1.79. The second-order valence-corrected chi connectivity index (χ2v) is 7.76. The van der Waals surface area contributed by atoms with Crippen molar-refractivity contribution in [1.82, 2.24) is 0 Å². The molecule has 2 atom stereocenters. The molecule has 0 N–H and O–H groups in total. The molecule has 2 aromatic rings. The zero-order chi connectivity index (χ0) is 16.4. The predicted octanol–water partition coefficient (Wildman–Crippen LogP) is 5.28. The quantitative estimate of drug-likeness (QED) is 0.661. The monoisotopic (exact) mass is 318 g/mol. The molecule has 0 bridgehead atoms. The van der Waals surface area contributed by atoms with Crippen molar-refractivity contribution in [3.8, 4) is 0 Å². The minimum absolute atomic E-state index is 0.885. The van der Waals surface area contributed by atoms with Crippen LogP contribution in [0.25, 0.3) is 5.57 Å². The second-order valence-electron chi connectivity index (χ2n) is 7.76. The van der Waals surface area contributed by atoms with Crippen LogP contribution in [0.5, 0.6) is 0 Å². The van der Waals surface area contributed by atoms with E-state index in [0.29, 0.717) is 0 Å². The molecule has 2 unspecified atom stereocenters. The summed E-state index contributed by atoms with van der Waals surface area (Å²) in [5.74, 6) is 0. The first-order valence-electron chi connectivity index (χ1n) is 9.43. The minimum Gasteiger partial charge on any atom is -0.320 e. The molecule has 24 heavy (non-hydrogen) atoms. The van der Waals surface area contributed by atoms with Gasteiger partial charge in [0.05, 0.1) is 19.6 Å². The molecule has 124 valence electrons. The molecule has 0 aromatic heterocycles. The summed E-state index contributed by atoms with van der Waals surface area (Å²) in [6, 6.07) is 22.9. The Morgan fingerprint density at radius 1 is 0.833 bits per heavy atom. The fourth-order valence-electron chi connectivity index (χ4n) is 4.86. The van der Waals surface area contributed by atoms with Crippen LogP contribution in [0.3, 0.4) is 0 Å². The maximum atomic E-state index is 2.50. The van der Waals surface area contributed by atoms with E-state index in [1.807, 2.05) is 0 Å². The standard InChI is InChI=1S/C23H28N/c1-24-17-9-8-14-22(24)16-15-21(18-24)23(19-10-4-2-5-11-19)20-12-6-3-7-13-20/h2-7,10-13,22H,8-9,14-18H2,1H3/q+1. The fourth-order valence-corrected chi connectivity index (χ4v) is 4.86. The molecule has 2 heterocycles. The molecule has 4 rings (SSSR count). The van der Waals surface area contributed by atoms with E-state index in [1.54, 1.807) is 5.57 Å². The molecule has 1 nitrogen and oxygen atoms in total.